The van der Waals surface area contributed by atoms with Crippen LogP contribution in [0.25, 0.3) is 0 Å². The lowest BCUT2D eigenvalue weighted by Gasteiger charge is -2.20. The van der Waals surface area contributed by atoms with Crippen molar-refractivity contribution in [3.63, 3.8) is 0 Å². The average Bonchev–Trinajstić information content (AvgIpc) is 2.39. The molecule has 2 rings (SSSR count). The van der Waals surface area contributed by atoms with E-state index in [0.29, 0.717) is 0 Å². The van der Waals surface area contributed by atoms with Gasteiger partial charge in [0.15, 0.2) is 0 Å². The number of nitrogens with one attached hydrogen (secondary N) is 1. The van der Waals surface area contributed by atoms with Gasteiger partial charge in [-0.05, 0) is 49.6 Å². The molecule has 1 heterocycles. The molecule has 2 aromatic rings. The molecule has 0 saturated heterocycles. The van der Waals surface area contributed by atoms with Gasteiger partial charge in [-0.25, -0.2) is 9.82 Å². The lowest BCUT2D eigenvalue weighted by molar-refractivity contribution is 0.597. The molecule has 0 amide bonds. The van der Waals surface area contributed by atoms with Gasteiger partial charge in [-0.2, -0.15) is 10.2 Å². The quantitative estimate of drug-likeness (QED) is 0.663. The second-order valence-corrected chi connectivity index (χ2v) is 4.90. The Morgan fingerprint density at radius 3 is 2.55 bits per heavy atom. The standard InChI is InChI=1S/C15H19FN4/c1-4-14-13(7-10(3)19-20-14)15(18-17)11-5-9(2)6-12(16)8-11/h5-8,15,18H,4,17H2,1-3H3. The van der Waals surface area contributed by atoms with Gasteiger partial charge in [-0.3, -0.25) is 5.84 Å². The predicted molar refractivity (Wildman–Crippen MR) is 76.5 cm³/mol. The third-order valence-corrected chi connectivity index (χ3v) is 3.24. The maximum atomic E-state index is 13.6. The molecular weight excluding hydrogens is 255 g/mol. The average molecular weight is 274 g/mol. The van der Waals surface area contributed by atoms with Crippen LogP contribution < -0.4 is 11.3 Å². The fourth-order valence-electron chi connectivity index (χ4n) is 2.36. The van der Waals surface area contributed by atoms with Gasteiger partial charge in [0.1, 0.15) is 5.82 Å². The van der Waals surface area contributed by atoms with Gasteiger partial charge in [0.2, 0.25) is 0 Å². The summed E-state index contributed by atoms with van der Waals surface area (Å²) in [6.45, 7) is 5.74. The molecule has 20 heavy (non-hydrogen) atoms. The third kappa shape index (κ3) is 3.00. The number of hydrogen-bond acceptors (Lipinski definition) is 4. The summed E-state index contributed by atoms with van der Waals surface area (Å²) in [6.07, 6.45) is 0.745. The van der Waals surface area contributed by atoms with Crippen LogP contribution in [0.3, 0.4) is 0 Å². The van der Waals surface area contributed by atoms with Crippen LogP contribution in [0.15, 0.2) is 24.3 Å². The van der Waals surface area contributed by atoms with E-state index in [-0.39, 0.29) is 11.9 Å². The highest BCUT2D eigenvalue weighted by molar-refractivity contribution is 5.36. The molecule has 0 radical (unpaired) electrons. The van der Waals surface area contributed by atoms with Crippen molar-refractivity contribution >= 4 is 0 Å². The molecule has 5 heteroatoms. The molecule has 0 fully saturated rings. The lowest BCUT2D eigenvalue weighted by Crippen LogP contribution is -2.30. The van der Waals surface area contributed by atoms with Crippen molar-refractivity contribution in [2.45, 2.75) is 33.2 Å². The second kappa shape index (κ2) is 6.07. The first-order chi connectivity index (χ1) is 9.55. The maximum absolute atomic E-state index is 13.6. The highest BCUT2D eigenvalue weighted by atomic mass is 19.1. The van der Waals surface area contributed by atoms with Crippen molar-refractivity contribution in [3.05, 3.63) is 58.2 Å². The zero-order valence-electron chi connectivity index (χ0n) is 11.9. The van der Waals surface area contributed by atoms with Crippen LogP contribution in [0.2, 0.25) is 0 Å². The van der Waals surface area contributed by atoms with E-state index in [1.54, 1.807) is 0 Å². The Labute approximate surface area is 118 Å². The normalized spacial score (nSPS) is 12.4. The summed E-state index contributed by atoms with van der Waals surface area (Å²) >= 11 is 0. The monoisotopic (exact) mass is 274 g/mol. The van der Waals surface area contributed by atoms with Crippen LogP contribution >= 0.6 is 0 Å². The molecule has 0 aliphatic carbocycles. The smallest absolute Gasteiger partial charge is 0.123 e. The molecule has 0 aliphatic heterocycles. The van der Waals surface area contributed by atoms with Crippen LogP contribution in [0, 0.1) is 19.7 Å². The molecule has 1 unspecified atom stereocenters. The number of aromatic nitrogens is 2. The second-order valence-electron chi connectivity index (χ2n) is 4.90. The zero-order chi connectivity index (χ0) is 14.7. The minimum Gasteiger partial charge on any atom is -0.271 e. The van der Waals surface area contributed by atoms with Gasteiger partial charge in [0.25, 0.3) is 0 Å². The number of halogens is 1. The van der Waals surface area contributed by atoms with Crippen LogP contribution in [-0.2, 0) is 6.42 Å². The number of rotatable bonds is 4. The molecule has 0 aliphatic rings. The van der Waals surface area contributed by atoms with Crippen molar-refractivity contribution in [2.24, 2.45) is 5.84 Å². The molecule has 0 spiro atoms. The number of aryl methyl sites for hydroxylation is 3. The van der Waals surface area contributed by atoms with Crippen molar-refractivity contribution in [1.82, 2.24) is 15.6 Å². The summed E-state index contributed by atoms with van der Waals surface area (Å²) in [6, 6.07) is 6.55. The maximum Gasteiger partial charge on any atom is 0.123 e. The minimum atomic E-state index is -0.298. The van der Waals surface area contributed by atoms with E-state index < -0.39 is 0 Å². The molecular formula is C15H19FN4. The Morgan fingerprint density at radius 2 is 1.95 bits per heavy atom. The lowest BCUT2D eigenvalue weighted by atomic mass is 9.95. The Kier molecular flexibility index (Phi) is 4.42. The number of nitrogens with two attached hydrogens (primary N) is 1. The number of hydrogen-bond donors (Lipinski definition) is 2. The Hall–Kier alpha value is -1.85. The van der Waals surface area contributed by atoms with Crippen LogP contribution in [-0.4, -0.2) is 10.2 Å². The van der Waals surface area contributed by atoms with Crippen LogP contribution in [0.5, 0.6) is 0 Å². The summed E-state index contributed by atoms with van der Waals surface area (Å²) in [7, 11) is 0. The van der Waals surface area contributed by atoms with Gasteiger partial charge in [-0.1, -0.05) is 13.0 Å². The van der Waals surface area contributed by atoms with Crippen molar-refractivity contribution in [2.75, 3.05) is 0 Å². The minimum absolute atomic E-state index is 0.267. The first-order valence-electron chi connectivity index (χ1n) is 6.61. The van der Waals surface area contributed by atoms with E-state index in [2.05, 4.69) is 15.6 Å². The molecule has 106 valence electrons. The number of benzene rings is 1. The molecule has 3 N–H and O–H groups in total. The van der Waals surface area contributed by atoms with E-state index in [1.165, 1.54) is 12.1 Å². The van der Waals surface area contributed by atoms with Crippen LogP contribution in [0.4, 0.5) is 4.39 Å². The van der Waals surface area contributed by atoms with E-state index in [4.69, 9.17) is 5.84 Å². The van der Waals surface area contributed by atoms with Gasteiger partial charge >= 0.3 is 0 Å². The molecule has 1 aromatic carbocycles. The van der Waals surface area contributed by atoms with Gasteiger partial charge in [0.05, 0.1) is 17.4 Å². The summed E-state index contributed by atoms with van der Waals surface area (Å²) in [5.41, 5.74) is 7.01. The van der Waals surface area contributed by atoms with E-state index in [1.807, 2.05) is 32.9 Å². The zero-order valence-corrected chi connectivity index (χ0v) is 11.9. The molecule has 4 nitrogen and oxygen atoms in total. The number of nitrogens with zero attached hydrogens (tertiary/aromatic N) is 2. The predicted octanol–water partition coefficient (Wildman–Crippen LogP) is 2.35. The first-order valence-corrected chi connectivity index (χ1v) is 6.61. The van der Waals surface area contributed by atoms with E-state index in [0.717, 1.165) is 34.5 Å². The summed E-state index contributed by atoms with van der Waals surface area (Å²) in [4.78, 5) is 0. The third-order valence-electron chi connectivity index (χ3n) is 3.24. The Balaban J connectivity index is 2.54. The molecule has 0 bridgehead atoms. The summed E-state index contributed by atoms with van der Waals surface area (Å²) in [5.74, 6) is 5.42. The highest BCUT2D eigenvalue weighted by Crippen LogP contribution is 2.25. The van der Waals surface area contributed by atoms with Crippen molar-refractivity contribution in [3.8, 4) is 0 Å². The van der Waals surface area contributed by atoms with E-state index in [9.17, 15) is 4.39 Å². The molecule has 1 aromatic heterocycles. The largest absolute Gasteiger partial charge is 0.271 e. The summed E-state index contributed by atoms with van der Waals surface area (Å²) in [5, 5.41) is 8.26. The first kappa shape index (κ1) is 14.6. The Morgan fingerprint density at radius 1 is 1.20 bits per heavy atom. The fraction of sp³-hybridized carbons (Fsp3) is 0.333. The van der Waals surface area contributed by atoms with Crippen LogP contribution in [0.1, 0.15) is 41.0 Å². The molecule has 1 atom stereocenters. The highest BCUT2D eigenvalue weighted by Gasteiger charge is 2.18. The molecule has 0 saturated carbocycles. The van der Waals surface area contributed by atoms with Gasteiger partial charge in [0, 0.05) is 5.56 Å². The fourth-order valence-corrected chi connectivity index (χ4v) is 2.36. The number of hydrazine groups is 1. The van der Waals surface area contributed by atoms with Gasteiger partial charge in [-0.15, -0.1) is 0 Å². The van der Waals surface area contributed by atoms with Crippen molar-refractivity contribution in [1.29, 1.82) is 0 Å². The topological polar surface area (TPSA) is 63.8 Å². The summed E-state index contributed by atoms with van der Waals surface area (Å²) < 4.78 is 13.6. The Bertz CT molecular complexity index is 593. The van der Waals surface area contributed by atoms with E-state index >= 15 is 0 Å². The SMILES string of the molecule is CCc1nnc(C)cc1C(NN)c1cc(C)cc(F)c1. The van der Waals surface area contributed by atoms with Crippen molar-refractivity contribution < 1.29 is 4.39 Å². The van der Waals surface area contributed by atoms with Gasteiger partial charge < -0.3 is 0 Å².